The first kappa shape index (κ1) is 13.0. The van der Waals surface area contributed by atoms with Gasteiger partial charge < -0.3 is 5.32 Å². The van der Waals surface area contributed by atoms with E-state index in [2.05, 4.69) is 12.2 Å². The van der Waals surface area contributed by atoms with Gasteiger partial charge in [0.2, 0.25) is 0 Å². The van der Waals surface area contributed by atoms with Crippen LogP contribution in [0.15, 0.2) is 0 Å². The van der Waals surface area contributed by atoms with Crippen LogP contribution >= 0.6 is 0 Å². The first-order valence-corrected chi connectivity index (χ1v) is 7.77. The van der Waals surface area contributed by atoms with Crippen LogP contribution in [0.2, 0.25) is 0 Å². The summed E-state index contributed by atoms with van der Waals surface area (Å²) in [5.41, 5.74) is 0.317. The second-order valence-electron chi connectivity index (χ2n) is 4.66. The van der Waals surface area contributed by atoms with Gasteiger partial charge in [-0.2, -0.15) is 0 Å². The number of nitrogens with one attached hydrogen (secondary N) is 1. The van der Waals surface area contributed by atoms with E-state index in [1.54, 1.807) is 6.92 Å². The average Bonchev–Trinajstić information content (AvgIpc) is 2.97. The fourth-order valence-corrected chi connectivity index (χ4v) is 2.77. The first-order valence-electron chi connectivity index (χ1n) is 5.95. The highest BCUT2D eigenvalue weighted by molar-refractivity contribution is 7.91. The Labute approximate surface area is 93.6 Å². The van der Waals surface area contributed by atoms with Crippen LogP contribution in [0.5, 0.6) is 0 Å². The van der Waals surface area contributed by atoms with Crippen LogP contribution in [0.3, 0.4) is 0 Å². The molecule has 1 saturated carbocycles. The Morgan fingerprint density at radius 3 is 2.40 bits per heavy atom. The van der Waals surface area contributed by atoms with Gasteiger partial charge in [0.05, 0.1) is 5.75 Å². The third-order valence-electron chi connectivity index (χ3n) is 3.27. The minimum atomic E-state index is -2.77. The van der Waals surface area contributed by atoms with E-state index in [0.717, 1.165) is 25.9 Å². The van der Waals surface area contributed by atoms with Crippen LogP contribution in [0.25, 0.3) is 0 Å². The molecule has 0 heterocycles. The minimum absolute atomic E-state index is 0.283. The average molecular weight is 233 g/mol. The zero-order valence-electron chi connectivity index (χ0n) is 9.88. The topological polar surface area (TPSA) is 46.2 Å². The molecule has 1 aliphatic rings. The molecule has 0 aromatic rings. The van der Waals surface area contributed by atoms with Crippen molar-refractivity contribution in [3.8, 4) is 0 Å². The lowest BCUT2D eigenvalue weighted by Gasteiger charge is -2.15. The number of sulfone groups is 1. The maximum absolute atomic E-state index is 11.4. The van der Waals surface area contributed by atoms with Crippen LogP contribution in [0.1, 0.15) is 39.5 Å². The highest BCUT2D eigenvalue weighted by Crippen LogP contribution is 2.48. The maximum atomic E-state index is 11.4. The highest BCUT2D eigenvalue weighted by Gasteiger charge is 2.42. The minimum Gasteiger partial charge on any atom is -0.316 e. The van der Waals surface area contributed by atoms with Gasteiger partial charge in [-0.25, -0.2) is 8.42 Å². The van der Waals surface area contributed by atoms with Gasteiger partial charge in [-0.15, -0.1) is 0 Å². The molecule has 0 aliphatic heterocycles. The van der Waals surface area contributed by atoms with Crippen molar-refractivity contribution in [3.63, 3.8) is 0 Å². The predicted octanol–water partition coefficient (Wildman–Crippen LogP) is 1.59. The summed E-state index contributed by atoms with van der Waals surface area (Å²) in [5, 5.41) is 3.40. The summed E-state index contributed by atoms with van der Waals surface area (Å²) in [5.74, 6) is 0.656. The summed E-state index contributed by atoms with van der Waals surface area (Å²) in [6, 6.07) is 0. The Bertz CT molecular complexity index is 281. The Morgan fingerprint density at radius 1 is 1.27 bits per heavy atom. The molecule has 1 rings (SSSR count). The van der Waals surface area contributed by atoms with Crippen molar-refractivity contribution in [1.29, 1.82) is 0 Å². The van der Waals surface area contributed by atoms with Crippen molar-refractivity contribution < 1.29 is 8.42 Å². The van der Waals surface area contributed by atoms with Crippen molar-refractivity contribution in [2.45, 2.75) is 39.5 Å². The molecular formula is C11H23NO2S. The standard InChI is InChI=1S/C11H23NO2S/c1-3-8-12-10-11(5-6-11)7-9-15(13,14)4-2/h12H,3-10H2,1-2H3. The molecule has 1 aliphatic carbocycles. The molecule has 4 heteroatoms. The van der Waals surface area contributed by atoms with E-state index in [-0.39, 0.29) is 5.75 Å². The monoisotopic (exact) mass is 233 g/mol. The Hall–Kier alpha value is -0.0900. The SMILES string of the molecule is CCCNCC1(CCS(=O)(=O)CC)CC1. The quantitative estimate of drug-likeness (QED) is 0.648. The Kier molecular flexibility index (Phi) is 4.59. The van der Waals surface area contributed by atoms with Gasteiger partial charge in [-0.1, -0.05) is 13.8 Å². The Balaban J connectivity index is 2.26. The molecule has 0 spiro atoms. The molecule has 15 heavy (non-hydrogen) atoms. The van der Waals surface area contributed by atoms with E-state index in [9.17, 15) is 8.42 Å². The smallest absolute Gasteiger partial charge is 0.150 e. The lowest BCUT2D eigenvalue weighted by Crippen LogP contribution is -2.26. The van der Waals surface area contributed by atoms with Gasteiger partial charge in [-0.05, 0) is 37.6 Å². The number of hydrogen-bond acceptors (Lipinski definition) is 3. The third kappa shape index (κ3) is 4.51. The van der Waals surface area contributed by atoms with Gasteiger partial charge in [-0.3, -0.25) is 0 Å². The van der Waals surface area contributed by atoms with E-state index in [1.165, 1.54) is 12.8 Å². The molecule has 1 fully saturated rings. The van der Waals surface area contributed by atoms with E-state index >= 15 is 0 Å². The highest BCUT2D eigenvalue weighted by atomic mass is 32.2. The Morgan fingerprint density at radius 2 is 1.93 bits per heavy atom. The molecule has 0 radical (unpaired) electrons. The van der Waals surface area contributed by atoms with Crippen LogP contribution in [-0.4, -0.2) is 33.0 Å². The number of rotatable bonds is 8. The lowest BCUT2D eigenvalue weighted by molar-refractivity contribution is 0.443. The molecule has 0 aromatic heterocycles. The van der Waals surface area contributed by atoms with Crippen molar-refractivity contribution in [2.75, 3.05) is 24.6 Å². The molecule has 0 saturated heterocycles. The van der Waals surface area contributed by atoms with Crippen LogP contribution in [0, 0.1) is 5.41 Å². The number of hydrogen-bond donors (Lipinski definition) is 1. The van der Waals surface area contributed by atoms with Crippen LogP contribution < -0.4 is 5.32 Å². The van der Waals surface area contributed by atoms with E-state index < -0.39 is 9.84 Å². The van der Waals surface area contributed by atoms with Crippen molar-refractivity contribution in [3.05, 3.63) is 0 Å². The maximum Gasteiger partial charge on any atom is 0.150 e. The fraction of sp³-hybridized carbons (Fsp3) is 1.00. The molecule has 3 nitrogen and oxygen atoms in total. The molecule has 0 aromatic carbocycles. The second kappa shape index (κ2) is 5.30. The van der Waals surface area contributed by atoms with E-state index in [0.29, 0.717) is 11.2 Å². The summed E-state index contributed by atoms with van der Waals surface area (Å²) in [6.07, 6.45) is 4.38. The molecule has 0 bridgehead atoms. The molecule has 0 amide bonds. The molecule has 0 unspecified atom stereocenters. The van der Waals surface area contributed by atoms with Gasteiger partial charge in [0, 0.05) is 12.3 Å². The summed E-state index contributed by atoms with van der Waals surface area (Å²) in [4.78, 5) is 0. The summed E-state index contributed by atoms with van der Waals surface area (Å²) in [7, 11) is -2.77. The molecular weight excluding hydrogens is 210 g/mol. The van der Waals surface area contributed by atoms with E-state index in [4.69, 9.17) is 0 Å². The van der Waals surface area contributed by atoms with Crippen molar-refractivity contribution in [1.82, 2.24) is 5.32 Å². The van der Waals surface area contributed by atoms with Gasteiger partial charge in [0.1, 0.15) is 9.84 Å². The van der Waals surface area contributed by atoms with Crippen LogP contribution in [0.4, 0.5) is 0 Å². The molecule has 90 valence electrons. The second-order valence-corrected chi connectivity index (χ2v) is 7.14. The summed E-state index contributed by atoms with van der Waals surface area (Å²) < 4.78 is 22.8. The summed E-state index contributed by atoms with van der Waals surface area (Å²) in [6.45, 7) is 5.92. The third-order valence-corrected chi connectivity index (χ3v) is 4.97. The zero-order valence-corrected chi connectivity index (χ0v) is 10.7. The van der Waals surface area contributed by atoms with Gasteiger partial charge in [0.25, 0.3) is 0 Å². The largest absolute Gasteiger partial charge is 0.316 e. The fourth-order valence-electron chi connectivity index (χ4n) is 1.74. The van der Waals surface area contributed by atoms with E-state index in [1.807, 2.05) is 0 Å². The van der Waals surface area contributed by atoms with Crippen LogP contribution in [-0.2, 0) is 9.84 Å². The normalized spacial score (nSPS) is 19.1. The van der Waals surface area contributed by atoms with Gasteiger partial charge in [0.15, 0.2) is 0 Å². The summed E-state index contributed by atoms with van der Waals surface area (Å²) >= 11 is 0. The zero-order chi connectivity index (χ0) is 11.4. The lowest BCUT2D eigenvalue weighted by atomic mass is 10.0. The first-order chi connectivity index (χ1) is 7.04. The predicted molar refractivity (Wildman–Crippen MR) is 63.8 cm³/mol. The van der Waals surface area contributed by atoms with Gasteiger partial charge >= 0.3 is 0 Å². The molecule has 1 N–H and O–H groups in total. The van der Waals surface area contributed by atoms with Crippen molar-refractivity contribution in [2.24, 2.45) is 5.41 Å². The van der Waals surface area contributed by atoms with Crippen molar-refractivity contribution >= 4 is 9.84 Å². The molecule has 0 atom stereocenters.